The van der Waals surface area contributed by atoms with Crippen molar-refractivity contribution in [3.8, 4) is 0 Å². The van der Waals surface area contributed by atoms with Crippen molar-refractivity contribution >= 4 is 22.5 Å². The van der Waals surface area contributed by atoms with Gasteiger partial charge in [-0.2, -0.15) is 0 Å². The molecule has 2 heterocycles. The van der Waals surface area contributed by atoms with Crippen LogP contribution in [-0.2, 0) is 6.42 Å². The summed E-state index contributed by atoms with van der Waals surface area (Å²) in [5, 5.41) is 18.3. The Hall–Kier alpha value is -3.13. The van der Waals surface area contributed by atoms with Crippen LogP contribution < -0.4 is 0 Å². The first-order chi connectivity index (χ1) is 13.6. The molecule has 8 nitrogen and oxygen atoms in total. The number of piperidine rings is 1. The second-order valence-corrected chi connectivity index (χ2v) is 7.12. The fourth-order valence-corrected chi connectivity index (χ4v) is 3.66. The number of benzene rings is 2. The maximum atomic E-state index is 12.8. The molecular weight excluding hydrogens is 360 g/mol. The van der Waals surface area contributed by atoms with Crippen LogP contribution >= 0.6 is 0 Å². The first kappa shape index (κ1) is 18.2. The number of fused-ring (bicyclic) bond motifs is 1. The lowest BCUT2D eigenvalue weighted by Gasteiger charge is -2.31. The van der Waals surface area contributed by atoms with E-state index >= 15 is 0 Å². The third-order valence-electron chi connectivity index (χ3n) is 5.36. The van der Waals surface area contributed by atoms with Gasteiger partial charge in [0.25, 0.3) is 5.69 Å². The van der Waals surface area contributed by atoms with E-state index in [0.717, 1.165) is 44.5 Å². The van der Waals surface area contributed by atoms with E-state index in [4.69, 9.17) is 0 Å². The van der Waals surface area contributed by atoms with E-state index in [1.165, 1.54) is 0 Å². The lowest BCUT2D eigenvalue weighted by Crippen LogP contribution is -2.37. The molecule has 0 atom stereocenters. The summed E-state index contributed by atoms with van der Waals surface area (Å²) >= 11 is 0. The van der Waals surface area contributed by atoms with E-state index in [9.17, 15) is 14.9 Å². The zero-order valence-corrected chi connectivity index (χ0v) is 15.3. The molecule has 0 bridgehead atoms. The number of aromatic nitrogens is 2. The van der Waals surface area contributed by atoms with Crippen LogP contribution in [0.4, 0.5) is 5.69 Å². The summed E-state index contributed by atoms with van der Waals surface area (Å²) in [6.07, 6.45) is 2.49. The molecule has 1 saturated heterocycles. The summed E-state index contributed by atoms with van der Waals surface area (Å²) in [7, 11) is 0. The maximum absolute atomic E-state index is 12.8. The van der Waals surface area contributed by atoms with Crippen LogP contribution in [0.25, 0.3) is 11.0 Å². The Morgan fingerprint density at radius 2 is 1.82 bits per heavy atom. The van der Waals surface area contributed by atoms with Gasteiger partial charge in [0.2, 0.25) is 0 Å². The van der Waals surface area contributed by atoms with Gasteiger partial charge in [-0.1, -0.05) is 12.1 Å². The summed E-state index contributed by atoms with van der Waals surface area (Å²) in [5.74, 6) is 0.174. The minimum absolute atomic E-state index is 0.0212. The minimum atomic E-state index is -0.386. The van der Waals surface area contributed by atoms with Crippen molar-refractivity contribution in [1.82, 2.24) is 15.2 Å². The Balaban J connectivity index is 1.29. The molecule has 1 aliphatic rings. The minimum Gasteiger partial charge on any atom is -0.303 e. The third-order valence-corrected chi connectivity index (χ3v) is 5.36. The monoisotopic (exact) mass is 380 g/mol. The smallest absolute Gasteiger partial charge is 0.269 e. The Kier molecular flexibility index (Phi) is 5.12. The molecule has 2 aromatic carbocycles. The molecule has 8 heteroatoms. The van der Waals surface area contributed by atoms with Crippen molar-refractivity contribution in [3.63, 3.8) is 0 Å². The number of rotatable bonds is 6. The second kappa shape index (κ2) is 7.85. The number of hydrogen-bond acceptors (Lipinski definition) is 7. The van der Waals surface area contributed by atoms with Crippen molar-refractivity contribution in [2.45, 2.75) is 19.3 Å². The number of nitrogens with zero attached hydrogens (tertiary/aromatic N) is 4. The quantitative estimate of drug-likeness (QED) is 0.367. The molecule has 0 saturated carbocycles. The Morgan fingerprint density at radius 3 is 2.54 bits per heavy atom. The number of nitro benzene ring substituents is 1. The van der Waals surface area contributed by atoms with E-state index in [1.807, 2.05) is 12.1 Å². The number of ketones is 1. The van der Waals surface area contributed by atoms with Gasteiger partial charge in [-0.15, -0.1) is 0 Å². The second-order valence-electron chi connectivity index (χ2n) is 7.12. The van der Waals surface area contributed by atoms with Crippen LogP contribution in [0.2, 0.25) is 0 Å². The van der Waals surface area contributed by atoms with E-state index < -0.39 is 0 Å². The molecular formula is C20H20N4O4. The van der Waals surface area contributed by atoms with Gasteiger partial charge < -0.3 is 4.90 Å². The summed E-state index contributed by atoms with van der Waals surface area (Å²) in [6.45, 7) is 2.63. The fourth-order valence-electron chi connectivity index (χ4n) is 3.66. The zero-order chi connectivity index (χ0) is 19.5. The summed E-state index contributed by atoms with van der Waals surface area (Å²) in [6, 6.07) is 12.0. The number of non-ortho nitro benzene ring substituents is 1. The largest absolute Gasteiger partial charge is 0.303 e. The van der Waals surface area contributed by atoms with Gasteiger partial charge >= 0.3 is 0 Å². The number of nitro groups is 1. The highest BCUT2D eigenvalue weighted by Gasteiger charge is 2.26. The standard InChI is InChI=1S/C20H20N4O4/c25-20(16-3-6-18-19(13-16)22-28-21-18)15-8-11-23(12-9-15)10-7-14-1-4-17(5-2-14)24(26)27/h1-6,13,15H,7-12H2. The van der Waals surface area contributed by atoms with Gasteiger partial charge in [0.15, 0.2) is 5.78 Å². The van der Waals surface area contributed by atoms with E-state index in [-0.39, 0.29) is 22.3 Å². The predicted molar refractivity (Wildman–Crippen MR) is 102 cm³/mol. The number of likely N-dealkylation sites (tertiary alicyclic amines) is 1. The van der Waals surface area contributed by atoms with Gasteiger partial charge in [0.1, 0.15) is 11.0 Å². The van der Waals surface area contributed by atoms with Gasteiger partial charge in [0, 0.05) is 30.2 Å². The van der Waals surface area contributed by atoms with Crippen molar-refractivity contribution in [2.75, 3.05) is 19.6 Å². The summed E-state index contributed by atoms with van der Waals surface area (Å²) in [4.78, 5) is 25.5. The Bertz CT molecular complexity index is 991. The van der Waals surface area contributed by atoms with Crippen molar-refractivity contribution in [2.24, 2.45) is 5.92 Å². The average Bonchev–Trinajstić information content (AvgIpc) is 3.20. The predicted octanol–water partition coefficient (Wildman–Crippen LogP) is 3.27. The SMILES string of the molecule is O=C(c1ccc2nonc2c1)C1CCN(CCc2ccc([N+](=O)[O-])cc2)CC1. The van der Waals surface area contributed by atoms with Crippen LogP contribution in [0.5, 0.6) is 0 Å². The molecule has 28 heavy (non-hydrogen) atoms. The van der Waals surface area contributed by atoms with Crippen LogP contribution in [0, 0.1) is 16.0 Å². The molecule has 1 aliphatic heterocycles. The highest BCUT2D eigenvalue weighted by atomic mass is 16.6. The number of carbonyl (C=O) groups excluding carboxylic acids is 1. The van der Waals surface area contributed by atoms with Gasteiger partial charge in [0.05, 0.1) is 4.92 Å². The highest BCUT2D eigenvalue weighted by molar-refractivity contribution is 6.00. The molecule has 0 spiro atoms. The van der Waals surface area contributed by atoms with Crippen molar-refractivity contribution < 1.29 is 14.3 Å². The lowest BCUT2D eigenvalue weighted by molar-refractivity contribution is -0.384. The third kappa shape index (κ3) is 3.91. The van der Waals surface area contributed by atoms with Crippen molar-refractivity contribution in [1.29, 1.82) is 0 Å². The first-order valence-corrected chi connectivity index (χ1v) is 9.32. The molecule has 0 aliphatic carbocycles. The zero-order valence-electron chi connectivity index (χ0n) is 15.3. The molecule has 144 valence electrons. The molecule has 1 aromatic heterocycles. The molecule has 3 aromatic rings. The molecule has 4 rings (SSSR count). The first-order valence-electron chi connectivity index (χ1n) is 9.32. The summed E-state index contributed by atoms with van der Waals surface area (Å²) < 4.78 is 4.69. The van der Waals surface area contributed by atoms with E-state index in [0.29, 0.717) is 16.6 Å². The number of Topliss-reactive ketones (excluding diaryl/α,β-unsaturated/α-hetero) is 1. The number of carbonyl (C=O) groups is 1. The molecule has 1 fully saturated rings. The fraction of sp³-hybridized carbons (Fsp3) is 0.350. The van der Waals surface area contributed by atoms with Gasteiger partial charge in [-0.25, -0.2) is 4.63 Å². The summed E-state index contributed by atoms with van der Waals surface area (Å²) in [5.41, 5.74) is 3.11. The topological polar surface area (TPSA) is 102 Å². The molecule has 0 radical (unpaired) electrons. The maximum Gasteiger partial charge on any atom is 0.269 e. The van der Waals surface area contributed by atoms with Crippen LogP contribution in [0.1, 0.15) is 28.8 Å². The van der Waals surface area contributed by atoms with Crippen LogP contribution in [-0.4, -0.2) is 45.6 Å². The Labute approximate surface area is 161 Å². The van der Waals surface area contributed by atoms with Crippen LogP contribution in [0.15, 0.2) is 47.1 Å². The molecule has 0 N–H and O–H groups in total. The van der Waals surface area contributed by atoms with E-state index in [1.54, 1.807) is 30.3 Å². The van der Waals surface area contributed by atoms with Gasteiger partial charge in [-0.3, -0.25) is 14.9 Å². The normalized spacial score (nSPS) is 15.7. The van der Waals surface area contributed by atoms with Crippen molar-refractivity contribution in [3.05, 3.63) is 63.7 Å². The molecule has 0 amide bonds. The highest BCUT2D eigenvalue weighted by Crippen LogP contribution is 2.23. The number of hydrogen-bond donors (Lipinski definition) is 0. The Morgan fingerprint density at radius 1 is 1.11 bits per heavy atom. The van der Waals surface area contributed by atoms with E-state index in [2.05, 4.69) is 19.8 Å². The average molecular weight is 380 g/mol. The van der Waals surface area contributed by atoms with Gasteiger partial charge in [-0.05, 0) is 66.4 Å². The molecule has 0 unspecified atom stereocenters. The van der Waals surface area contributed by atoms with Crippen LogP contribution in [0.3, 0.4) is 0 Å². The lowest BCUT2D eigenvalue weighted by atomic mass is 9.88.